The van der Waals surface area contributed by atoms with Gasteiger partial charge in [0.1, 0.15) is 0 Å². The molecule has 0 saturated carbocycles. The Hall–Kier alpha value is 1.97. The molecule has 0 N–H and O–H groups in total. The van der Waals surface area contributed by atoms with Crippen molar-refractivity contribution in [3.8, 4) is 0 Å². The predicted molar refractivity (Wildman–Crippen MR) is 93.2 cm³/mol. The third kappa shape index (κ3) is 5.93. The van der Waals surface area contributed by atoms with Crippen molar-refractivity contribution in [2.75, 3.05) is 0 Å². The molecule has 0 saturated heterocycles. The SMILES string of the molecule is Cc1ccccc1.ClN1P(Cl)N=P(Cl)(Cl)N(Cl)P1Cl. The summed E-state index contributed by atoms with van der Waals surface area (Å²) < 4.78 is 5.98. The highest BCUT2D eigenvalue weighted by Crippen LogP contribution is 2.85. The fourth-order valence-corrected chi connectivity index (χ4v) is 12.9. The number of aryl methyl sites for hydroxylation is 1. The van der Waals surface area contributed by atoms with E-state index in [-0.39, 0.29) is 0 Å². The molecule has 1 aromatic rings. The molecular weight excluding hydrogens is 432 g/mol. The van der Waals surface area contributed by atoms with E-state index in [0.717, 1.165) is 7.92 Å². The van der Waals surface area contributed by atoms with Crippen LogP contribution < -0.4 is 0 Å². The second-order valence-electron chi connectivity index (χ2n) is 3.16. The summed E-state index contributed by atoms with van der Waals surface area (Å²) in [4.78, 5) is 0. The number of rotatable bonds is 0. The first-order valence-corrected chi connectivity index (χ1v) is 13.1. The standard InChI is InChI=1S/C7H8.Cl6N3P3/c1-7-5-3-2-4-6-7;1-8-10(3)7-12(5,6)9(2)11(8)4/h2-6H,1H3;. The van der Waals surface area contributed by atoms with E-state index in [1.807, 2.05) is 18.2 Å². The second kappa shape index (κ2) is 8.56. The van der Waals surface area contributed by atoms with Crippen LogP contribution in [0.25, 0.3) is 0 Å². The largest absolute Gasteiger partial charge is 0.231 e. The Labute approximate surface area is 144 Å². The predicted octanol–water partition coefficient (Wildman–Crippen LogP) is 8.26. The van der Waals surface area contributed by atoms with Gasteiger partial charge in [0.25, 0.3) is 0 Å². The molecule has 0 spiro atoms. The maximum absolute atomic E-state index is 5.78. The van der Waals surface area contributed by atoms with Gasteiger partial charge in [-0.15, -0.1) is 7.92 Å². The van der Waals surface area contributed by atoms with Gasteiger partial charge in [-0.1, -0.05) is 47.1 Å². The van der Waals surface area contributed by atoms with E-state index in [1.165, 1.54) is 5.56 Å². The third-order valence-electron chi connectivity index (χ3n) is 1.73. The van der Waals surface area contributed by atoms with Crippen LogP contribution in [0.4, 0.5) is 0 Å². The summed E-state index contributed by atoms with van der Waals surface area (Å²) in [5, 5.41) is 0. The molecule has 0 aromatic heterocycles. The molecule has 12 heteroatoms. The number of hydrogen-bond acceptors (Lipinski definition) is 3. The number of benzene rings is 1. The molecule has 1 aromatic carbocycles. The monoisotopic (exact) mass is 437 g/mol. The topological polar surface area (TPSA) is 18.8 Å². The van der Waals surface area contributed by atoms with Crippen LogP contribution in [0, 0.1) is 6.92 Å². The van der Waals surface area contributed by atoms with Crippen LogP contribution in [0.1, 0.15) is 5.56 Å². The van der Waals surface area contributed by atoms with E-state index < -0.39 is 21.1 Å². The van der Waals surface area contributed by atoms with E-state index in [1.54, 1.807) is 0 Å². The Morgan fingerprint density at radius 3 is 2.05 bits per heavy atom. The first-order chi connectivity index (χ1) is 8.75. The zero-order valence-electron chi connectivity index (χ0n) is 9.34. The van der Waals surface area contributed by atoms with E-state index >= 15 is 0 Å². The minimum atomic E-state index is -2.74. The normalized spacial score (nSPS) is 27.1. The fraction of sp³-hybridized carbons (Fsp3) is 0.143. The van der Waals surface area contributed by atoms with E-state index in [4.69, 9.17) is 68.5 Å². The van der Waals surface area contributed by atoms with Crippen LogP contribution >= 0.6 is 89.6 Å². The van der Waals surface area contributed by atoms with Crippen LogP contribution in [-0.2, 0) is 0 Å². The third-order valence-corrected chi connectivity index (χ3v) is 15.5. The molecule has 1 heterocycles. The fourth-order valence-electron chi connectivity index (χ4n) is 0.900. The Morgan fingerprint density at radius 2 is 1.63 bits per heavy atom. The Balaban J connectivity index is 0.000000218. The molecule has 0 radical (unpaired) electrons. The van der Waals surface area contributed by atoms with Crippen molar-refractivity contribution in [2.24, 2.45) is 4.52 Å². The molecule has 3 nitrogen and oxygen atoms in total. The summed E-state index contributed by atoms with van der Waals surface area (Å²) in [6, 6.07) is 10.3. The molecule has 0 bridgehead atoms. The van der Waals surface area contributed by atoms with Crippen molar-refractivity contribution >= 4 is 89.6 Å². The lowest BCUT2D eigenvalue weighted by molar-refractivity contribution is 1.06. The first-order valence-electron chi connectivity index (χ1n) is 4.62. The maximum Gasteiger partial charge on any atom is 0.231 e. The highest BCUT2D eigenvalue weighted by Gasteiger charge is 2.41. The molecule has 19 heavy (non-hydrogen) atoms. The van der Waals surface area contributed by atoms with Crippen molar-refractivity contribution in [3.05, 3.63) is 35.9 Å². The summed E-state index contributed by atoms with van der Waals surface area (Å²) in [6.45, 7) is 2.08. The van der Waals surface area contributed by atoms with Crippen LogP contribution in [0.2, 0.25) is 0 Å². The molecular formula is C7H8Cl6N3P3. The lowest BCUT2D eigenvalue weighted by atomic mass is 10.2. The average molecular weight is 440 g/mol. The van der Waals surface area contributed by atoms with Crippen molar-refractivity contribution in [1.29, 1.82) is 0 Å². The number of hydrogen-bond donors (Lipinski definition) is 0. The van der Waals surface area contributed by atoms with Gasteiger partial charge in [0.05, 0.1) is 0 Å². The number of nitrogens with zero attached hydrogens (tertiary/aromatic N) is 3. The molecule has 0 amide bonds. The second-order valence-corrected chi connectivity index (χ2v) is 14.8. The van der Waals surface area contributed by atoms with Gasteiger partial charge in [0.2, 0.25) is 13.5 Å². The van der Waals surface area contributed by atoms with Gasteiger partial charge in [-0.3, -0.25) is 0 Å². The quantitative estimate of drug-likeness (QED) is 0.299. The van der Waals surface area contributed by atoms with Crippen LogP contribution in [0.5, 0.6) is 0 Å². The summed E-state index contributed by atoms with van der Waals surface area (Å²) in [6.07, 6.45) is 0. The molecule has 2 atom stereocenters. The van der Waals surface area contributed by atoms with Gasteiger partial charge in [-0.25, -0.2) is 4.52 Å². The lowest BCUT2D eigenvalue weighted by Gasteiger charge is -2.33. The smallest absolute Gasteiger partial charge is 0.201 e. The van der Waals surface area contributed by atoms with E-state index in [0.29, 0.717) is 0 Å². The van der Waals surface area contributed by atoms with Gasteiger partial charge in [-0.2, -0.15) is 0 Å². The Morgan fingerprint density at radius 1 is 1.11 bits per heavy atom. The highest BCUT2D eigenvalue weighted by atomic mass is 35.9. The molecule has 2 unspecified atom stereocenters. The van der Waals surface area contributed by atoms with Crippen molar-refractivity contribution in [2.45, 2.75) is 6.92 Å². The Kier molecular flexibility index (Phi) is 8.57. The average Bonchev–Trinajstić information content (AvgIpc) is 2.35. The minimum Gasteiger partial charge on any atom is -0.201 e. The van der Waals surface area contributed by atoms with Crippen molar-refractivity contribution < 1.29 is 0 Å². The first kappa shape index (κ1) is 19.0. The van der Waals surface area contributed by atoms with Gasteiger partial charge >= 0.3 is 0 Å². The van der Waals surface area contributed by atoms with E-state index in [9.17, 15) is 0 Å². The summed E-state index contributed by atoms with van der Waals surface area (Å²) in [7, 11) is -2.94. The maximum atomic E-state index is 5.78. The zero-order valence-corrected chi connectivity index (χ0v) is 16.6. The Bertz CT molecular complexity index is 457. The van der Waals surface area contributed by atoms with Crippen molar-refractivity contribution in [1.82, 2.24) is 7.92 Å². The van der Waals surface area contributed by atoms with Gasteiger partial charge in [0, 0.05) is 0 Å². The summed E-state index contributed by atoms with van der Waals surface area (Å²) >= 11 is 34.3. The molecule has 2 rings (SSSR count). The molecule has 0 fully saturated rings. The van der Waals surface area contributed by atoms with Crippen molar-refractivity contribution in [3.63, 3.8) is 0 Å². The lowest BCUT2D eigenvalue weighted by Crippen LogP contribution is -2.05. The van der Waals surface area contributed by atoms with Crippen LogP contribution in [-0.4, -0.2) is 7.92 Å². The zero-order chi connectivity index (χ0) is 14.6. The molecule has 1 aliphatic heterocycles. The summed E-state index contributed by atoms with van der Waals surface area (Å²) in [5.41, 5.74) is 1.32. The van der Waals surface area contributed by atoms with Crippen LogP contribution in [0.15, 0.2) is 34.8 Å². The van der Waals surface area contributed by atoms with E-state index in [2.05, 4.69) is 23.6 Å². The van der Waals surface area contributed by atoms with Gasteiger partial charge in [-0.05, 0) is 64.2 Å². The molecule has 0 aliphatic carbocycles. The highest BCUT2D eigenvalue weighted by molar-refractivity contribution is 8.18. The number of halogens is 6. The summed E-state index contributed by atoms with van der Waals surface area (Å²) in [5.74, 6) is -2.74. The van der Waals surface area contributed by atoms with Crippen LogP contribution in [0.3, 0.4) is 0 Å². The van der Waals surface area contributed by atoms with Gasteiger partial charge in [0.15, 0.2) is 7.58 Å². The van der Waals surface area contributed by atoms with Gasteiger partial charge < -0.3 is 0 Å². The molecule has 108 valence electrons. The molecule has 1 aliphatic rings. The minimum absolute atomic E-state index is 1.03.